The molecule has 9 heteroatoms. The number of carboxylic acids is 1. The Balaban J connectivity index is 0. The summed E-state index contributed by atoms with van der Waals surface area (Å²) in [6, 6.07) is -0.637. The third kappa shape index (κ3) is 7.35. The van der Waals surface area contributed by atoms with Crippen molar-refractivity contribution >= 4 is 23.6 Å². The van der Waals surface area contributed by atoms with Crippen LogP contribution in [0, 0.1) is 0 Å². The number of aliphatic carboxylic acids is 1. The van der Waals surface area contributed by atoms with Crippen LogP contribution in [0.15, 0.2) is 0 Å². The van der Waals surface area contributed by atoms with E-state index in [9.17, 15) is 19.8 Å². The van der Waals surface area contributed by atoms with Crippen molar-refractivity contribution in [2.45, 2.75) is 57.7 Å². The Morgan fingerprint density at radius 2 is 1.88 bits per heavy atom. The summed E-state index contributed by atoms with van der Waals surface area (Å²) in [7, 11) is 1.31. The third-order valence-electron chi connectivity index (χ3n) is 3.12. The number of methoxy groups -OCH3 is 1. The van der Waals surface area contributed by atoms with Gasteiger partial charge in [0.25, 0.3) is 11.6 Å². The fraction of sp³-hybridized carbons (Fsp3) is 0.867. The van der Waals surface area contributed by atoms with Crippen molar-refractivity contribution in [3.05, 3.63) is 0 Å². The van der Waals surface area contributed by atoms with E-state index < -0.39 is 36.4 Å². The molecule has 0 heterocycles. The van der Waals surface area contributed by atoms with Gasteiger partial charge in [-0.15, -0.1) is 0 Å². The first kappa shape index (κ1) is 25.4. The van der Waals surface area contributed by atoms with E-state index >= 15 is 0 Å². The molecule has 0 aliphatic heterocycles. The summed E-state index contributed by atoms with van der Waals surface area (Å²) >= 11 is 1.56. The predicted octanol–water partition coefficient (Wildman–Crippen LogP) is 0.422. The number of nitrogens with two attached hydrogens (primary N) is 1. The molecule has 0 saturated carbocycles. The van der Waals surface area contributed by atoms with E-state index in [2.05, 4.69) is 5.32 Å². The molecule has 0 rings (SSSR count). The van der Waals surface area contributed by atoms with E-state index in [1.54, 1.807) is 18.7 Å². The summed E-state index contributed by atoms with van der Waals surface area (Å²) in [5, 5.41) is 20.6. The van der Waals surface area contributed by atoms with Crippen molar-refractivity contribution < 1.29 is 29.3 Å². The van der Waals surface area contributed by atoms with Gasteiger partial charge in [-0.1, -0.05) is 27.7 Å². The maximum Gasteiger partial charge on any atom is 0.359 e. The molecule has 4 unspecified atom stereocenters. The zero-order valence-corrected chi connectivity index (χ0v) is 16.2. The number of ether oxygens (including phenoxy) is 2. The Labute approximate surface area is 148 Å². The van der Waals surface area contributed by atoms with E-state index in [4.69, 9.17) is 15.2 Å². The molecule has 0 saturated heterocycles. The Bertz CT molecular complexity index is 372. The van der Waals surface area contributed by atoms with Gasteiger partial charge >= 0.3 is 5.97 Å². The largest absolute Gasteiger partial charge is 0.478 e. The van der Waals surface area contributed by atoms with Crippen LogP contribution in [0.4, 0.5) is 0 Å². The predicted molar refractivity (Wildman–Crippen MR) is 94.9 cm³/mol. The number of carbonyl (C=O) groups is 2. The van der Waals surface area contributed by atoms with Gasteiger partial charge in [0.1, 0.15) is 6.61 Å². The van der Waals surface area contributed by atoms with Crippen LogP contribution < -0.4 is 11.1 Å². The third-order valence-corrected chi connectivity index (χ3v) is 4.29. The van der Waals surface area contributed by atoms with Crippen molar-refractivity contribution in [2.24, 2.45) is 5.73 Å². The highest BCUT2D eigenvalue weighted by Crippen LogP contribution is 2.17. The van der Waals surface area contributed by atoms with Crippen LogP contribution in [0.2, 0.25) is 0 Å². The number of hydrogen-bond acceptors (Lipinski definition) is 7. The molecule has 144 valence electrons. The van der Waals surface area contributed by atoms with Crippen LogP contribution in [0.5, 0.6) is 0 Å². The second-order valence-corrected chi connectivity index (χ2v) is 6.26. The summed E-state index contributed by atoms with van der Waals surface area (Å²) in [5.74, 6) is -1.42. The molecule has 0 bridgehead atoms. The molecule has 0 spiro atoms. The van der Waals surface area contributed by atoms with Gasteiger partial charge in [0.2, 0.25) is 0 Å². The van der Waals surface area contributed by atoms with Gasteiger partial charge in [0, 0.05) is 19.0 Å². The fourth-order valence-corrected chi connectivity index (χ4v) is 2.77. The number of carbonyl (C=O) groups excluding carboxylic acids is 1. The molecule has 0 aromatic rings. The molecule has 1 amide bonds. The summed E-state index contributed by atoms with van der Waals surface area (Å²) < 4.78 is 10.1. The quantitative estimate of drug-likeness (QED) is 0.386. The lowest BCUT2D eigenvalue weighted by Gasteiger charge is -2.32. The Kier molecular flexibility index (Phi) is 14.2. The molecule has 0 radical (unpaired) electrons. The van der Waals surface area contributed by atoms with Crippen LogP contribution in [0.1, 0.15) is 34.6 Å². The van der Waals surface area contributed by atoms with Crippen molar-refractivity contribution in [1.82, 2.24) is 5.32 Å². The molecule has 0 aromatic carbocycles. The Morgan fingerprint density at radius 1 is 1.33 bits per heavy atom. The molecular formula is C15H32N2O6S. The smallest absolute Gasteiger partial charge is 0.359 e. The minimum Gasteiger partial charge on any atom is -0.478 e. The number of hydrogen-bond donors (Lipinski definition) is 4. The molecule has 0 aliphatic carbocycles. The number of carboxylic acid groups (broad SMARTS) is 1. The van der Waals surface area contributed by atoms with Crippen LogP contribution >= 0.6 is 11.8 Å². The topological polar surface area (TPSA) is 131 Å². The normalized spacial score (nSPS) is 16.8. The number of amides is 1. The van der Waals surface area contributed by atoms with Gasteiger partial charge in [0.05, 0.1) is 6.04 Å². The van der Waals surface area contributed by atoms with Crippen LogP contribution in [0.3, 0.4) is 0 Å². The number of thioether (sulfide) groups is 1. The van der Waals surface area contributed by atoms with Crippen LogP contribution in [-0.4, -0.2) is 71.3 Å². The second kappa shape index (κ2) is 13.4. The number of rotatable bonds is 11. The lowest BCUT2D eigenvalue weighted by atomic mass is 10.1. The van der Waals surface area contributed by atoms with Gasteiger partial charge in [-0.3, -0.25) is 4.79 Å². The highest BCUT2D eigenvalue weighted by atomic mass is 32.2. The van der Waals surface area contributed by atoms with Gasteiger partial charge in [-0.2, -0.15) is 11.8 Å². The molecule has 24 heavy (non-hydrogen) atoms. The van der Waals surface area contributed by atoms with Crippen molar-refractivity contribution in [3.63, 3.8) is 0 Å². The second-order valence-electron chi connectivity index (χ2n) is 4.61. The van der Waals surface area contributed by atoms with Gasteiger partial charge < -0.3 is 30.7 Å². The molecular weight excluding hydrogens is 336 g/mol. The van der Waals surface area contributed by atoms with E-state index in [0.717, 1.165) is 5.75 Å². The van der Waals surface area contributed by atoms with Gasteiger partial charge in [0.15, 0.2) is 6.10 Å². The maximum atomic E-state index is 12.3. The first-order valence-electron chi connectivity index (χ1n) is 7.99. The summed E-state index contributed by atoms with van der Waals surface area (Å²) in [4.78, 5) is 23.6. The van der Waals surface area contributed by atoms with E-state index in [1.165, 1.54) is 7.11 Å². The summed E-state index contributed by atoms with van der Waals surface area (Å²) in [5.41, 5.74) is 3.81. The van der Waals surface area contributed by atoms with E-state index in [-0.39, 0.29) is 11.9 Å². The van der Waals surface area contributed by atoms with E-state index in [0.29, 0.717) is 0 Å². The zero-order valence-electron chi connectivity index (χ0n) is 15.4. The van der Waals surface area contributed by atoms with Crippen molar-refractivity contribution in [2.75, 3.05) is 26.1 Å². The zero-order chi connectivity index (χ0) is 19.3. The molecule has 0 fully saturated rings. The van der Waals surface area contributed by atoms with E-state index in [1.807, 2.05) is 27.7 Å². The minimum atomic E-state index is -2.20. The Morgan fingerprint density at radius 3 is 2.21 bits per heavy atom. The number of aliphatic hydroxyl groups is 1. The summed E-state index contributed by atoms with van der Waals surface area (Å²) in [6.07, 6.45) is -1.06. The first-order valence-corrected chi connectivity index (χ1v) is 9.04. The van der Waals surface area contributed by atoms with Crippen LogP contribution in [-0.2, 0) is 19.1 Å². The lowest BCUT2D eigenvalue weighted by molar-refractivity contribution is -0.182. The molecule has 8 nitrogen and oxygen atoms in total. The van der Waals surface area contributed by atoms with Gasteiger partial charge in [-0.05, 0) is 12.7 Å². The summed E-state index contributed by atoms with van der Waals surface area (Å²) in [6.45, 7) is 8.47. The van der Waals surface area contributed by atoms with Crippen molar-refractivity contribution in [3.8, 4) is 0 Å². The fourth-order valence-electron chi connectivity index (χ4n) is 1.88. The Hall–Kier alpha value is -0.870. The lowest BCUT2D eigenvalue weighted by Crippen LogP contribution is -2.63. The highest BCUT2D eigenvalue weighted by Gasteiger charge is 2.43. The SMILES string of the molecule is CC.CCOC(CO)(NC(=O)C(OC)C(N)C(C)SCC)C(=O)O. The average molecular weight is 368 g/mol. The van der Waals surface area contributed by atoms with Gasteiger partial charge in [-0.25, -0.2) is 4.79 Å². The molecule has 0 aliphatic rings. The first-order chi connectivity index (χ1) is 11.3. The molecule has 5 N–H and O–H groups in total. The van der Waals surface area contributed by atoms with Crippen molar-refractivity contribution in [1.29, 1.82) is 0 Å². The number of nitrogens with one attached hydrogen (secondary N) is 1. The molecule has 0 aromatic heterocycles. The highest BCUT2D eigenvalue weighted by molar-refractivity contribution is 7.99. The standard InChI is InChI=1S/C13H26N2O6S.C2H6/c1-5-21-13(7-16,12(18)19)15-11(17)10(20-4)9(14)8(3)22-6-2;1-2/h8-10,16H,5-7,14H2,1-4H3,(H,15,17)(H,18,19);1-2H3. The van der Waals surface area contributed by atoms with Crippen LogP contribution in [0.25, 0.3) is 0 Å². The minimum absolute atomic E-state index is 0.00106. The molecule has 4 atom stereocenters. The monoisotopic (exact) mass is 368 g/mol. The number of aliphatic hydroxyl groups excluding tert-OH is 1. The average Bonchev–Trinajstić information content (AvgIpc) is 2.56. The maximum absolute atomic E-state index is 12.3.